The van der Waals surface area contributed by atoms with E-state index < -0.39 is 6.10 Å². The highest BCUT2D eigenvalue weighted by molar-refractivity contribution is 6.31. The van der Waals surface area contributed by atoms with Gasteiger partial charge in [0.2, 0.25) is 5.91 Å². The van der Waals surface area contributed by atoms with Crippen LogP contribution >= 0.6 is 11.6 Å². The minimum absolute atomic E-state index is 0.230. The predicted molar refractivity (Wildman–Crippen MR) is 93.2 cm³/mol. The maximum absolute atomic E-state index is 12.7. The third kappa shape index (κ3) is 3.58. The first-order valence-corrected chi connectivity index (χ1v) is 8.00. The fraction of sp³-hybridized carbons (Fsp3) is 0.222. The third-order valence-electron chi connectivity index (χ3n) is 3.78. The lowest BCUT2D eigenvalue weighted by Gasteiger charge is -2.25. The summed E-state index contributed by atoms with van der Waals surface area (Å²) in [4.78, 5) is 24.0. The zero-order valence-corrected chi connectivity index (χ0v) is 13.9. The van der Waals surface area contributed by atoms with E-state index >= 15 is 0 Å². The van der Waals surface area contributed by atoms with Crippen molar-refractivity contribution in [3.05, 3.63) is 58.6 Å². The van der Waals surface area contributed by atoms with E-state index in [-0.39, 0.29) is 11.8 Å². The number of rotatable bonds is 3. The first-order chi connectivity index (χ1) is 11.5. The standard InChI is InChI=1S/C18H17ClN2O3/c1-11(22)20-15-7-6-13(19)10-16(15)21-18(23)17-14-5-3-2-4-12(14)8-9-24-17/h2-7,10,17H,8-9H2,1H3,(H,20,22)(H,21,23). The molecule has 124 valence electrons. The molecule has 1 atom stereocenters. The van der Waals surface area contributed by atoms with Gasteiger partial charge in [-0.3, -0.25) is 9.59 Å². The van der Waals surface area contributed by atoms with Crippen molar-refractivity contribution >= 4 is 34.8 Å². The number of halogens is 1. The average molecular weight is 345 g/mol. The molecule has 1 aliphatic rings. The molecule has 6 heteroatoms. The van der Waals surface area contributed by atoms with E-state index in [0.717, 1.165) is 17.5 Å². The van der Waals surface area contributed by atoms with Crippen molar-refractivity contribution in [1.82, 2.24) is 0 Å². The first-order valence-electron chi connectivity index (χ1n) is 7.62. The highest BCUT2D eigenvalue weighted by Gasteiger charge is 2.27. The molecule has 0 fully saturated rings. The zero-order chi connectivity index (χ0) is 17.1. The van der Waals surface area contributed by atoms with E-state index in [4.69, 9.17) is 16.3 Å². The second-order valence-corrected chi connectivity index (χ2v) is 6.00. The molecule has 1 unspecified atom stereocenters. The van der Waals surface area contributed by atoms with Gasteiger partial charge in [0.05, 0.1) is 18.0 Å². The van der Waals surface area contributed by atoms with Gasteiger partial charge in [0.15, 0.2) is 6.10 Å². The van der Waals surface area contributed by atoms with Crippen LogP contribution in [0.1, 0.15) is 24.2 Å². The van der Waals surface area contributed by atoms with Crippen molar-refractivity contribution in [1.29, 1.82) is 0 Å². The van der Waals surface area contributed by atoms with Crippen LogP contribution in [0.4, 0.5) is 11.4 Å². The maximum atomic E-state index is 12.7. The van der Waals surface area contributed by atoms with Crippen molar-refractivity contribution in [3.8, 4) is 0 Å². The molecule has 2 aromatic carbocycles. The van der Waals surface area contributed by atoms with Crippen molar-refractivity contribution in [3.63, 3.8) is 0 Å². The van der Waals surface area contributed by atoms with Crippen LogP contribution in [-0.2, 0) is 20.7 Å². The van der Waals surface area contributed by atoms with Crippen LogP contribution in [0.15, 0.2) is 42.5 Å². The smallest absolute Gasteiger partial charge is 0.258 e. The van der Waals surface area contributed by atoms with Gasteiger partial charge in [0.25, 0.3) is 5.91 Å². The average Bonchev–Trinajstić information content (AvgIpc) is 2.56. The Kier molecular flexibility index (Phi) is 4.83. The summed E-state index contributed by atoms with van der Waals surface area (Å²) in [7, 11) is 0. The van der Waals surface area contributed by atoms with Gasteiger partial charge in [-0.05, 0) is 35.7 Å². The quantitative estimate of drug-likeness (QED) is 0.894. The van der Waals surface area contributed by atoms with Crippen molar-refractivity contribution < 1.29 is 14.3 Å². The highest BCUT2D eigenvalue weighted by atomic mass is 35.5. The van der Waals surface area contributed by atoms with Gasteiger partial charge >= 0.3 is 0 Å². The molecule has 0 aliphatic carbocycles. The molecule has 1 aliphatic heterocycles. The van der Waals surface area contributed by atoms with Crippen molar-refractivity contribution in [2.75, 3.05) is 17.2 Å². The molecule has 0 aromatic heterocycles. The molecule has 1 heterocycles. The van der Waals surface area contributed by atoms with E-state index in [0.29, 0.717) is 23.0 Å². The topological polar surface area (TPSA) is 67.4 Å². The SMILES string of the molecule is CC(=O)Nc1ccc(Cl)cc1NC(=O)C1OCCc2ccccc21. The van der Waals surface area contributed by atoms with Crippen LogP contribution in [0, 0.1) is 0 Å². The summed E-state index contributed by atoms with van der Waals surface area (Å²) in [6, 6.07) is 12.6. The number of hydrogen-bond donors (Lipinski definition) is 2. The van der Waals surface area contributed by atoms with Crippen LogP contribution in [0.25, 0.3) is 0 Å². The molecular weight excluding hydrogens is 328 g/mol. The number of fused-ring (bicyclic) bond motifs is 1. The lowest BCUT2D eigenvalue weighted by Crippen LogP contribution is -2.28. The Morgan fingerprint density at radius 3 is 2.71 bits per heavy atom. The summed E-state index contributed by atoms with van der Waals surface area (Å²) >= 11 is 6.01. The molecule has 0 radical (unpaired) electrons. The van der Waals surface area contributed by atoms with Crippen LogP contribution in [0.3, 0.4) is 0 Å². The molecule has 5 nitrogen and oxygen atoms in total. The van der Waals surface area contributed by atoms with E-state index in [9.17, 15) is 9.59 Å². The second-order valence-electron chi connectivity index (χ2n) is 5.56. The number of carbonyl (C=O) groups is 2. The Labute approximate surface area is 145 Å². The molecule has 2 N–H and O–H groups in total. The number of ether oxygens (including phenoxy) is 1. The summed E-state index contributed by atoms with van der Waals surface area (Å²) in [5, 5.41) is 5.94. The lowest BCUT2D eigenvalue weighted by atomic mass is 9.97. The Morgan fingerprint density at radius 2 is 1.92 bits per heavy atom. The summed E-state index contributed by atoms with van der Waals surface area (Å²) < 4.78 is 5.66. The molecule has 24 heavy (non-hydrogen) atoms. The van der Waals surface area contributed by atoms with Crippen LogP contribution in [0.2, 0.25) is 5.02 Å². The number of amides is 2. The Bertz CT molecular complexity index is 792. The fourth-order valence-electron chi connectivity index (χ4n) is 2.73. The summed E-state index contributed by atoms with van der Waals surface area (Å²) in [5.41, 5.74) is 2.90. The second kappa shape index (κ2) is 7.03. The number of benzene rings is 2. The summed E-state index contributed by atoms with van der Waals surface area (Å²) in [6.45, 7) is 1.89. The van der Waals surface area contributed by atoms with Gasteiger partial charge in [0.1, 0.15) is 0 Å². The summed E-state index contributed by atoms with van der Waals surface area (Å²) in [6.07, 6.45) is 0.105. The Morgan fingerprint density at radius 1 is 1.12 bits per heavy atom. The van der Waals surface area contributed by atoms with E-state index in [1.165, 1.54) is 6.92 Å². The molecule has 0 saturated carbocycles. The molecule has 0 bridgehead atoms. The molecule has 2 aromatic rings. The number of hydrogen-bond acceptors (Lipinski definition) is 3. The van der Waals surface area contributed by atoms with Gasteiger partial charge in [-0.1, -0.05) is 35.9 Å². The van der Waals surface area contributed by atoms with Crippen LogP contribution < -0.4 is 10.6 Å². The lowest BCUT2D eigenvalue weighted by molar-refractivity contribution is -0.128. The van der Waals surface area contributed by atoms with Crippen LogP contribution in [0.5, 0.6) is 0 Å². The maximum Gasteiger partial charge on any atom is 0.258 e. The molecule has 0 spiro atoms. The molecule has 2 amide bonds. The van der Waals surface area contributed by atoms with Gasteiger partial charge in [-0.25, -0.2) is 0 Å². The van der Waals surface area contributed by atoms with E-state index in [2.05, 4.69) is 10.6 Å². The molecule has 0 saturated heterocycles. The zero-order valence-electron chi connectivity index (χ0n) is 13.1. The fourth-order valence-corrected chi connectivity index (χ4v) is 2.90. The Balaban J connectivity index is 1.86. The van der Waals surface area contributed by atoms with Crippen molar-refractivity contribution in [2.45, 2.75) is 19.4 Å². The highest BCUT2D eigenvalue weighted by Crippen LogP contribution is 2.31. The minimum atomic E-state index is -0.681. The minimum Gasteiger partial charge on any atom is -0.363 e. The van der Waals surface area contributed by atoms with Crippen LogP contribution in [-0.4, -0.2) is 18.4 Å². The van der Waals surface area contributed by atoms with Gasteiger partial charge < -0.3 is 15.4 Å². The summed E-state index contributed by atoms with van der Waals surface area (Å²) in [5.74, 6) is -0.525. The molecular formula is C18H17ClN2O3. The Hall–Kier alpha value is -2.37. The van der Waals surface area contributed by atoms with Crippen molar-refractivity contribution in [2.24, 2.45) is 0 Å². The predicted octanol–water partition coefficient (Wildman–Crippen LogP) is 3.55. The largest absolute Gasteiger partial charge is 0.363 e. The van der Waals surface area contributed by atoms with Gasteiger partial charge in [-0.2, -0.15) is 0 Å². The first kappa shape index (κ1) is 16.5. The molecule has 3 rings (SSSR count). The van der Waals surface area contributed by atoms with Gasteiger partial charge in [0, 0.05) is 11.9 Å². The monoisotopic (exact) mass is 344 g/mol. The van der Waals surface area contributed by atoms with E-state index in [1.54, 1.807) is 18.2 Å². The van der Waals surface area contributed by atoms with E-state index in [1.807, 2.05) is 24.3 Å². The number of carbonyl (C=O) groups excluding carboxylic acids is 2. The normalized spacial score (nSPS) is 16.2. The van der Waals surface area contributed by atoms with Gasteiger partial charge in [-0.15, -0.1) is 0 Å². The number of nitrogens with one attached hydrogen (secondary N) is 2. The third-order valence-corrected chi connectivity index (χ3v) is 4.02. The number of anilines is 2.